The van der Waals surface area contributed by atoms with Crippen LogP contribution >= 0.6 is 0 Å². The first-order chi connectivity index (χ1) is 8.88. The van der Waals surface area contributed by atoms with E-state index in [2.05, 4.69) is 4.74 Å². The van der Waals surface area contributed by atoms with E-state index in [4.69, 9.17) is 0 Å². The second kappa shape index (κ2) is 6.58. The molecule has 1 aromatic carbocycles. The van der Waals surface area contributed by atoms with Gasteiger partial charge in [-0.25, -0.2) is 0 Å². The molecule has 0 heterocycles. The average Bonchev–Trinajstić information content (AvgIpc) is 2.33. The fraction of sp³-hybridized carbons (Fsp3) is 0.167. The first-order valence-electron chi connectivity index (χ1n) is 5.15. The van der Waals surface area contributed by atoms with E-state index in [-0.39, 0.29) is 18.4 Å². The van der Waals surface area contributed by atoms with Crippen molar-refractivity contribution >= 4 is 11.8 Å². The molecule has 0 aliphatic heterocycles. The molecular formula is C12H10F3NO3. The standard InChI is InChI=1S/C12H10F3NO3/c13-12(14,15)7-9-19-8-1-2-10-3-5-11(6-4-10)16(17)18/h1-7,9H,8H2/b2-1+,9-7+. The van der Waals surface area contributed by atoms with Crippen LogP contribution in [0.3, 0.4) is 0 Å². The molecule has 0 saturated heterocycles. The lowest BCUT2D eigenvalue weighted by Gasteiger charge is -1.98. The Labute approximate surface area is 107 Å². The Morgan fingerprint density at radius 2 is 1.89 bits per heavy atom. The number of alkyl halides is 3. The van der Waals surface area contributed by atoms with Crippen LogP contribution in [0.25, 0.3) is 6.08 Å². The van der Waals surface area contributed by atoms with Crippen LogP contribution in [0.1, 0.15) is 5.56 Å². The van der Waals surface area contributed by atoms with Gasteiger partial charge in [0.05, 0.1) is 17.3 Å². The molecule has 0 aromatic heterocycles. The van der Waals surface area contributed by atoms with Crippen molar-refractivity contribution in [3.05, 3.63) is 58.4 Å². The molecule has 0 N–H and O–H groups in total. The maximum absolute atomic E-state index is 11.7. The molecule has 4 nitrogen and oxygen atoms in total. The van der Waals surface area contributed by atoms with Gasteiger partial charge in [-0.15, -0.1) is 0 Å². The van der Waals surface area contributed by atoms with Gasteiger partial charge in [-0.05, 0) is 23.8 Å². The van der Waals surface area contributed by atoms with Crippen molar-refractivity contribution in [1.29, 1.82) is 0 Å². The number of allylic oxidation sites excluding steroid dienone is 1. The van der Waals surface area contributed by atoms with Crippen molar-refractivity contribution in [3.63, 3.8) is 0 Å². The van der Waals surface area contributed by atoms with Crippen molar-refractivity contribution in [2.24, 2.45) is 0 Å². The molecule has 102 valence electrons. The summed E-state index contributed by atoms with van der Waals surface area (Å²) >= 11 is 0. The summed E-state index contributed by atoms with van der Waals surface area (Å²) in [5.74, 6) is 0. The number of non-ortho nitro benzene ring substituents is 1. The molecule has 0 atom stereocenters. The molecule has 1 aromatic rings. The number of halogens is 3. The number of ether oxygens (including phenoxy) is 1. The van der Waals surface area contributed by atoms with Crippen LogP contribution in [0.15, 0.2) is 42.7 Å². The molecule has 0 radical (unpaired) electrons. The highest BCUT2D eigenvalue weighted by Crippen LogP contribution is 2.16. The molecule has 0 bridgehead atoms. The van der Waals surface area contributed by atoms with Crippen LogP contribution in [0.5, 0.6) is 0 Å². The number of nitrogens with zero attached hydrogens (tertiary/aromatic N) is 1. The third-order valence-corrected chi connectivity index (χ3v) is 1.96. The average molecular weight is 273 g/mol. The number of hydrogen-bond acceptors (Lipinski definition) is 3. The van der Waals surface area contributed by atoms with E-state index in [9.17, 15) is 23.3 Å². The van der Waals surface area contributed by atoms with Crippen molar-refractivity contribution < 1.29 is 22.8 Å². The van der Waals surface area contributed by atoms with Crippen LogP contribution in [-0.4, -0.2) is 17.7 Å². The van der Waals surface area contributed by atoms with Gasteiger partial charge in [-0.1, -0.05) is 6.08 Å². The Hall–Kier alpha value is -2.31. The van der Waals surface area contributed by atoms with Gasteiger partial charge in [-0.2, -0.15) is 13.2 Å². The lowest BCUT2D eigenvalue weighted by molar-refractivity contribution is -0.384. The Kier molecular flexibility index (Phi) is 5.11. The minimum atomic E-state index is -4.39. The Bertz CT molecular complexity index is 478. The normalized spacial score (nSPS) is 12.2. The summed E-state index contributed by atoms with van der Waals surface area (Å²) in [5, 5.41) is 10.4. The summed E-state index contributed by atoms with van der Waals surface area (Å²) in [6, 6.07) is 5.73. The van der Waals surface area contributed by atoms with Gasteiger partial charge in [0.25, 0.3) is 5.69 Å². The van der Waals surface area contributed by atoms with Crippen LogP contribution in [0.2, 0.25) is 0 Å². The smallest absolute Gasteiger partial charge is 0.412 e. The highest BCUT2D eigenvalue weighted by atomic mass is 19.4. The summed E-state index contributed by atoms with van der Waals surface area (Å²) < 4.78 is 39.7. The zero-order chi connectivity index (χ0) is 14.3. The third-order valence-electron chi connectivity index (χ3n) is 1.96. The molecule has 0 aliphatic carbocycles. The van der Waals surface area contributed by atoms with E-state index in [1.54, 1.807) is 6.08 Å². The van der Waals surface area contributed by atoms with E-state index in [1.807, 2.05) is 0 Å². The summed E-state index contributed by atoms with van der Waals surface area (Å²) in [6.45, 7) is -0.0242. The number of nitro groups is 1. The monoisotopic (exact) mass is 273 g/mol. The topological polar surface area (TPSA) is 52.4 Å². The second-order valence-electron chi connectivity index (χ2n) is 3.43. The summed E-state index contributed by atoms with van der Waals surface area (Å²) in [7, 11) is 0. The van der Waals surface area contributed by atoms with E-state index in [1.165, 1.54) is 30.3 Å². The lowest BCUT2D eigenvalue weighted by Crippen LogP contribution is -2.00. The molecule has 0 amide bonds. The molecule has 0 aliphatic rings. The fourth-order valence-electron chi connectivity index (χ4n) is 1.13. The molecule has 0 saturated carbocycles. The zero-order valence-corrected chi connectivity index (χ0v) is 9.63. The van der Waals surface area contributed by atoms with Crippen LogP contribution < -0.4 is 0 Å². The van der Waals surface area contributed by atoms with Crippen LogP contribution in [-0.2, 0) is 4.74 Å². The molecule has 0 spiro atoms. The lowest BCUT2D eigenvalue weighted by atomic mass is 10.2. The molecule has 0 unspecified atom stereocenters. The summed E-state index contributed by atoms with van der Waals surface area (Å²) in [6.07, 6.45) is -0.734. The highest BCUT2D eigenvalue weighted by molar-refractivity contribution is 5.51. The number of nitro benzene ring substituents is 1. The molecule has 19 heavy (non-hydrogen) atoms. The summed E-state index contributed by atoms with van der Waals surface area (Å²) in [4.78, 5) is 9.88. The molecule has 7 heteroatoms. The first-order valence-corrected chi connectivity index (χ1v) is 5.15. The Morgan fingerprint density at radius 1 is 1.26 bits per heavy atom. The zero-order valence-electron chi connectivity index (χ0n) is 9.63. The SMILES string of the molecule is O=[N+]([O-])c1ccc(/C=C/CO/C=C/C(F)(F)F)cc1. The van der Waals surface area contributed by atoms with Gasteiger partial charge >= 0.3 is 6.18 Å². The van der Waals surface area contributed by atoms with Crippen molar-refractivity contribution in [2.75, 3.05) is 6.61 Å². The van der Waals surface area contributed by atoms with Crippen molar-refractivity contribution in [1.82, 2.24) is 0 Å². The predicted molar refractivity (Wildman–Crippen MR) is 63.3 cm³/mol. The van der Waals surface area contributed by atoms with Gasteiger partial charge in [0, 0.05) is 12.1 Å². The first kappa shape index (κ1) is 14.7. The van der Waals surface area contributed by atoms with E-state index >= 15 is 0 Å². The second-order valence-corrected chi connectivity index (χ2v) is 3.43. The van der Waals surface area contributed by atoms with E-state index in [0.29, 0.717) is 11.8 Å². The number of rotatable bonds is 5. The molecule has 1 rings (SSSR count). The van der Waals surface area contributed by atoms with Gasteiger partial charge in [-0.3, -0.25) is 10.1 Å². The minimum Gasteiger partial charge on any atom is -0.497 e. The fourth-order valence-corrected chi connectivity index (χ4v) is 1.13. The predicted octanol–water partition coefficient (Wildman–Crippen LogP) is 3.70. The summed E-state index contributed by atoms with van der Waals surface area (Å²) in [5.41, 5.74) is 0.663. The van der Waals surface area contributed by atoms with Crippen molar-refractivity contribution in [3.8, 4) is 0 Å². The molecule has 0 fully saturated rings. The molecular weight excluding hydrogens is 263 g/mol. The van der Waals surface area contributed by atoms with Crippen LogP contribution in [0.4, 0.5) is 18.9 Å². The Morgan fingerprint density at radius 3 is 2.42 bits per heavy atom. The highest BCUT2D eigenvalue weighted by Gasteiger charge is 2.22. The van der Waals surface area contributed by atoms with E-state index < -0.39 is 11.1 Å². The maximum atomic E-state index is 11.7. The maximum Gasteiger partial charge on any atom is 0.412 e. The third kappa shape index (κ3) is 6.25. The van der Waals surface area contributed by atoms with E-state index in [0.717, 1.165) is 0 Å². The number of benzene rings is 1. The number of hydrogen-bond donors (Lipinski definition) is 0. The van der Waals surface area contributed by atoms with Gasteiger partial charge in [0.1, 0.15) is 6.61 Å². The minimum absolute atomic E-state index is 0.00723. The van der Waals surface area contributed by atoms with Crippen LogP contribution in [0, 0.1) is 10.1 Å². The largest absolute Gasteiger partial charge is 0.497 e. The van der Waals surface area contributed by atoms with Gasteiger partial charge in [0.2, 0.25) is 0 Å². The van der Waals surface area contributed by atoms with Crippen molar-refractivity contribution in [2.45, 2.75) is 6.18 Å². The van der Waals surface area contributed by atoms with Gasteiger partial charge in [0.15, 0.2) is 0 Å². The Balaban J connectivity index is 2.41. The quantitative estimate of drug-likeness (QED) is 0.356. The van der Waals surface area contributed by atoms with Gasteiger partial charge < -0.3 is 4.74 Å².